The van der Waals surface area contributed by atoms with E-state index in [9.17, 15) is 74.6 Å². The van der Waals surface area contributed by atoms with Crippen LogP contribution in [0.1, 0.15) is 419 Å². The van der Waals surface area contributed by atoms with E-state index in [4.69, 9.17) is 46.9 Å². The number of aliphatic hydroxyl groups excluding tert-OH is 9. The van der Waals surface area contributed by atoms with Crippen LogP contribution in [0.4, 0.5) is 0 Å². The molecule has 25 nitrogen and oxygen atoms in total. The lowest BCUT2D eigenvalue weighted by molar-refractivity contribution is -0.360. The largest absolute Gasteiger partial charge is 0.472 e. The van der Waals surface area contributed by atoms with Crippen LogP contribution in [-0.2, 0) is 70.7 Å². The zero-order valence-electron chi connectivity index (χ0n) is 72.8. The molecule has 1 aliphatic carbocycles. The molecule has 0 aromatic rings. The van der Waals surface area contributed by atoms with Gasteiger partial charge in [-0.1, -0.05) is 368 Å². The highest BCUT2D eigenvalue weighted by Gasteiger charge is 2.60. The second-order valence-corrected chi connectivity index (χ2v) is 35.3. The predicted octanol–water partition coefficient (Wildman–Crippen LogP) is 17.4. The van der Waals surface area contributed by atoms with Gasteiger partial charge in [0.2, 0.25) is 0 Å². The van der Waals surface area contributed by atoms with Gasteiger partial charge in [0.05, 0.1) is 13.2 Å². The number of carbonyl (C=O) groups is 4. The van der Waals surface area contributed by atoms with Crippen LogP contribution in [0, 0.1) is 0 Å². The third-order valence-electron chi connectivity index (χ3n) is 23.4. The first-order chi connectivity index (χ1) is 56.2. The lowest BCUT2D eigenvalue weighted by Crippen LogP contribution is -2.70. The third kappa shape index (κ3) is 49.7. The molecule has 0 bridgehead atoms. The lowest BCUT2D eigenvalue weighted by Gasteiger charge is -2.50. The van der Waals surface area contributed by atoms with Crippen LogP contribution in [0.5, 0.6) is 0 Å². The number of hydrogen-bond acceptors (Lipinski definition) is 24. The molecule has 0 radical (unpaired) electrons. The molecule has 684 valence electrons. The number of unbranched alkanes of at least 4 members (excludes halogenated alkanes) is 53. The summed E-state index contributed by atoms with van der Waals surface area (Å²) in [6.45, 7) is 5.63. The average molecular weight is 1680 g/mol. The number of aliphatic hydroxyl groups is 9. The van der Waals surface area contributed by atoms with Gasteiger partial charge < -0.3 is 88.7 Å². The average Bonchev–Trinajstić information content (AvgIpc) is 0.754. The fourth-order valence-electron chi connectivity index (χ4n) is 15.8. The van der Waals surface area contributed by atoms with Crippen LogP contribution >= 0.6 is 7.82 Å². The Bertz CT molecular complexity index is 2410. The van der Waals surface area contributed by atoms with Gasteiger partial charge in [0.25, 0.3) is 0 Å². The van der Waals surface area contributed by atoms with E-state index in [-0.39, 0.29) is 25.7 Å². The van der Waals surface area contributed by atoms with E-state index >= 15 is 0 Å². The first-order valence-corrected chi connectivity index (χ1v) is 48.8. The van der Waals surface area contributed by atoms with Crippen molar-refractivity contribution in [2.24, 2.45) is 0 Å². The highest BCUT2D eigenvalue weighted by molar-refractivity contribution is 7.47. The third-order valence-corrected chi connectivity index (χ3v) is 24.3. The zero-order valence-corrected chi connectivity index (χ0v) is 73.7. The zero-order chi connectivity index (χ0) is 84.7. The van der Waals surface area contributed by atoms with Gasteiger partial charge in [-0.15, -0.1) is 0 Å². The Hall–Kier alpha value is -2.53. The summed E-state index contributed by atoms with van der Waals surface area (Å²) in [5.41, 5.74) is 0. The molecule has 0 spiro atoms. The van der Waals surface area contributed by atoms with Crippen LogP contribution in [-0.4, -0.2) is 205 Å². The number of phosphoric ester groups is 1. The van der Waals surface area contributed by atoms with Crippen molar-refractivity contribution in [1.29, 1.82) is 0 Å². The number of rotatable bonds is 77. The van der Waals surface area contributed by atoms with Crippen molar-refractivity contribution >= 4 is 31.7 Å². The Morgan fingerprint density at radius 1 is 0.310 bits per heavy atom. The standard InChI is InChI=1S/C90H169O25P/c1-5-9-13-17-21-25-29-33-35-37-41-45-48-52-56-60-64-75(94)109-70(67-106-73(92)62-58-54-50-46-43-40-36-34-30-26-22-18-14-10-6-2)68-108-116(104,105)115-88-86(113-89-83(102)79(98)77(96)71(66-91)110-89)82(101)81(100)85(112-76(95)65-61-57-53-49-44-39-32-28-24-20-16-12-8-4)87(88)114-90-84(103)80(99)78(97)72(111-90)69-107-74(93)63-59-55-51-47-42-38-31-27-23-19-15-11-7-3/h70-72,77-91,96-103H,5-69H2,1-4H3,(H,104,105). The molecule has 3 rings (SSSR count). The van der Waals surface area contributed by atoms with E-state index in [1.807, 2.05) is 0 Å². The monoisotopic (exact) mass is 1680 g/mol. The van der Waals surface area contributed by atoms with Crippen molar-refractivity contribution in [3.05, 3.63) is 0 Å². The van der Waals surface area contributed by atoms with Crippen molar-refractivity contribution < 1.29 is 122 Å². The minimum atomic E-state index is -5.80. The SMILES string of the molecule is CCCCCCCCCCCCCCCCCCC(=O)OC(COC(=O)CCCCCCCCCCCCCCCCC)COP(=O)(O)OC1C(OC2OC(CO)C(O)C(O)C2O)C(O)C(O)C(OC(=O)CCCCCCCCCCCCCCC)C1OC1OC(COC(=O)CCCCCCCCCCCCCCC)C(O)C(O)C1O. The predicted molar refractivity (Wildman–Crippen MR) is 449 cm³/mol. The Kier molecular flexibility index (Phi) is 64.8. The molecule has 3 fully saturated rings. The summed E-state index contributed by atoms with van der Waals surface area (Å²) in [5, 5.41) is 102. The molecule has 26 heteroatoms. The molecule has 0 aromatic carbocycles. The molecule has 2 saturated heterocycles. The van der Waals surface area contributed by atoms with Gasteiger partial charge in [-0.3, -0.25) is 28.2 Å². The van der Waals surface area contributed by atoms with E-state index in [1.54, 1.807) is 0 Å². The van der Waals surface area contributed by atoms with Crippen molar-refractivity contribution in [1.82, 2.24) is 0 Å². The summed E-state index contributed by atoms with van der Waals surface area (Å²) in [6.07, 6.45) is 26.7. The fraction of sp³-hybridized carbons (Fsp3) is 0.956. The molecule has 0 amide bonds. The smallest absolute Gasteiger partial charge is 0.463 e. The van der Waals surface area contributed by atoms with Crippen LogP contribution in [0.3, 0.4) is 0 Å². The number of esters is 4. The first-order valence-electron chi connectivity index (χ1n) is 47.3. The maximum atomic E-state index is 14.9. The quantitative estimate of drug-likeness (QED) is 0.0117. The Balaban J connectivity index is 1.91. The number of ether oxygens (including phenoxy) is 8. The van der Waals surface area contributed by atoms with Crippen molar-refractivity contribution in [2.45, 2.75) is 524 Å². The molecular formula is C90H169O25P. The molecule has 0 aromatic heterocycles. The molecule has 116 heavy (non-hydrogen) atoms. The van der Waals surface area contributed by atoms with Gasteiger partial charge in [-0.25, -0.2) is 4.57 Å². The van der Waals surface area contributed by atoms with Crippen LogP contribution in [0.25, 0.3) is 0 Å². The summed E-state index contributed by atoms with van der Waals surface area (Å²) in [4.78, 5) is 66.4. The van der Waals surface area contributed by atoms with Gasteiger partial charge >= 0.3 is 31.7 Å². The van der Waals surface area contributed by atoms with E-state index in [2.05, 4.69) is 27.7 Å². The molecule has 2 heterocycles. The van der Waals surface area contributed by atoms with Crippen molar-refractivity contribution in [2.75, 3.05) is 26.4 Å². The molecule has 3 aliphatic rings. The Morgan fingerprint density at radius 3 is 0.940 bits per heavy atom. The summed E-state index contributed by atoms with van der Waals surface area (Å²) in [5.74, 6) is -2.94. The minimum absolute atomic E-state index is 0.0198. The van der Waals surface area contributed by atoms with Gasteiger partial charge in [0.15, 0.2) is 24.8 Å². The lowest BCUT2D eigenvalue weighted by atomic mass is 9.84. The topological polar surface area (TPSA) is 380 Å². The van der Waals surface area contributed by atoms with Gasteiger partial charge in [-0.2, -0.15) is 0 Å². The Labute approximate surface area is 699 Å². The normalized spacial score (nSPS) is 25.1. The van der Waals surface area contributed by atoms with Crippen LogP contribution in [0.15, 0.2) is 0 Å². The van der Waals surface area contributed by atoms with Crippen LogP contribution in [0.2, 0.25) is 0 Å². The Morgan fingerprint density at radius 2 is 0.595 bits per heavy atom. The molecule has 18 unspecified atom stereocenters. The molecule has 1 saturated carbocycles. The number of hydrogen-bond donors (Lipinski definition) is 10. The second-order valence-electron chi connectivity index (χ2n) is 33.9. The van der Waals surface area contributed by atoms with E-state index in [1.165, 1.54) is 205 Å². The summed E-state index contributed by atoms with van der Waals surface area (Å²) in [6, 6.07) is 0. The molecule has 10 N–H and O–H groups in total. The minimum Gasteiger partial charge on any atom is -0.463 e. The van der Waals surface area contributed by atoms with Crippen molar-refractivity contribution in [3.63, 3.8) is 0 Å². The number of phosphoric acid groups is 1. The number of carbonyl (C=O) groups excluding carboxylic acids is 4. The van der Waals surface area contributed by atoms with Crippen molar-refractivity contribution in [3.8, 4) is 0 Å². The van der Waals surface area contributed by atoms with E-state index in [0.29, 0.717) is 32.1 Å². The van der Waals surface area contributed by atoms with Gasteiger partial charge in [0, 0.05) is 25.7 Å². The highest BCUT2D eigenvalue weighted by Crippen LogP contribution is 2.49. The molecule has 2 aliphatic heterocycles. The summed E-state index contributed by atoms with van der Waals surface area (Å²) < 4.78 is 73.4. The molecular weight excluding hydrogens is 1510 g/mol. The van der Waals surface area contributed by atoms with E-state index in [0.717, 1.165) is 128 Å². The first kappa shape index (κ1) is 108. The second kappa shape index (κ2) is 69.8. The van der Waals surface area contributed by atoms with Crippen LogP contribution < -0.4 is 0 Å². The summed E-state index contributed by atoms with van der Waals surface area (Å²) >= 11 is 0. The highest BCUT2D eigenvalue weighted by atomic mass is 31.2. The summed E-state index contributed by atoms with van der Waals surface area (Å²) in [7, 11) is -5.80. The van der Waals surface area contributed by atoms with Gasteiger partial charge in [0.1, 0.15) is 92.6 Å². The molecule has 18 atom stereocenters. The maximum Gasteiger partial charge on any atom is 0.472 e. The maximum absolute atomic E-state index is 14.9. The van der Waals surface area contributed by atoms with Gasteiger partial charge in [-0.05, 0) is 25.7 Å². The van der Waals surface area contributed by atoms with E-state index < -0.39 is 162 Å². The fourth-order valence-corrected chi connectivity index (χ4v) is 16.8.